The number of halogens is 3. The Morgan fingerprint density at radius 1 is 1.15 bits per heavy atom. The molecular weight excluding hydrogens is 228 g/mol. The van der Waals surface area contributed by atoms with Crippen molar-refractivity contribution in [3.8, 4) is 0 Å². The SMILES string of the molecule is CNCCc1ccc(Cl)c(Cl)c1Cl. The first kappa shape index (κ1) is 11.1. The molecule has 1 nitrogen and oxygen atoms in total. The number of rotatable bonds is 3. The minimum Gasteiger partial charge on any atom is -0.319 e. The van der Waals surface area contributed by atoms with Crippen molar-refractivity contribution in [3.05, 3.63) is 32.8 Å². The molecule has 0 fully saturated rings. The van der Waals surface area contributed by atoms with E-state index in [2.05, 4.69) is 5.32 Å². The Morgan fingerprint density at radius 2 is 1.85 bits per heavy atom. The number of benzene rings is 1. The van der Waals surface area contributed by atoms with Gasteiger partial charge in [0.05, 0.1) is 15.1 Å². The number of nitrogens with one attached hydrogen (secondary N) is 1. The second-order valence-corrected chi connectivity index (χ2v) is 3.85. The molecule has 0 spiro atoms. The van der Waals surface area contributed by atoms with E-state index < -0.39 is 0 Å². The highest BCUT2D eigenvalue weighted by Gasteiger charge is 2.07. The monoisotopic (exact) mass is 237 g/mol. The van der Waals surface area contributed by atoms with E-state index in [-0.39, 0.29) is 0 Å². The maximum Gasteiger partial charge on any atom is 0.0781 e. The Kier molecular flexibility index (Phi) is 4.33. The van der Waals surface area contributed by atoms with Crippen molar-refractivity contribution in [1.29, 1.82) is 0 Å². The maximum atomic E-state index is 5.99. The molecule has 1 aromatic rings. The summed E-state index contributed by atoms with van der Waals surface area (Å²) in [5, 5.41) is 4.54. The van der Waals surface area contributed by atoms with Crippen LogP contribution in [0.15, 0.2) is 12.1 Å². The van der Waals surface area contributed by atoms with Gasteiger partial charge in [-0.15, -0.1) is 0 Å². The van der Waals surface area contributed by atoms with Crippen molar-refractivity contribution in [1.82, 2.24) is 5.32 Å². The van der Waals surface area contributed by atoms with Crippen LogP contribution in [0.3, 0.4) is 0 Å². The third-order valence-corrected chi connectivity index (χ3v) is 3.09. The van der Waals surface area contributed by atoms with Crippen LogP contribution < -0.4 is 5.32 Å². The molecule has 4 heteroatoms. The predicted molar refractivity (Wildman–Crippen MR) is 59.1 cm³/mol. The Hall–Kier alpha value is 0.0500. The number of hydrogen-bond acceptors (Lipinski definition) is 1. The first-order chi connectivity index (χ1) is 6.16. The molecule has 0 aliphatic heterocycles. The third-order valence-electron chi connectivity index (χ3n) is 1.76. The highest BCUT2D eigenvalue weighted by Crippen LogP contribution is 2.32. The zero-order valence-corrected chi connectivity index (χ0v) is 9.47. The lowest BCUT2D eigenvalue weighted by Gasteiger charge is -2.06. The zero-order valence-electron chi connectivity index (χ0n) is 7.20. The minimum absolute atomic E-state index is 0.442. The summed E-state index contributed by atoms with van der Waals surface area (Å²) in [7, 11) is 1.89. The van der Waals surface area contributed by atoms with E-state index in [4.69, 9.17) is 34.8 Å². The fourth-order valence-electron chi connectivity index (χ4n) is 1.02. The van der Waals surface area contributed by atoms with Crippen molar-refractivity contribution < 1.29 is 0 Å². The molecule has 0 heterocycles. The fraction of sp³-hybridized carbons (Fsp3) is 0.333. The Labute approximate surface area is 93.0 Å². The van der Waals surface area contributed by atoms with Gasteiger partial charge >= 0.3 is 0 Å². The molecule has 0 amide bonds. The van der Waals surface area contributed by atoms with Crippen molar-refractivity contribution in [3.63, 3.8) is 0 Å². The molecule has 0 aliphatic carbocycles. The van der Waals surface area contributed by atoms with E-state index in [9.17, 15) is 0 Å². The molecule has 0 aliphatic rings. The van der Waals surface area contributed by atoms with E-state index in [0.717, 1.165) is 18.5 Å². The van der Waals surface area contributed by atoms with Crippen LogP contribution in [0.2, 0.25) is 15.1 Å². The predicted octanol–water partition coefficient (Wildman–Crippen LogP) is 3.41. The number of likely N-dealkylation sites (N-methyl/N-ethyl adjacent to an activating group) is 1. The molecule has 1 aromatic carbocycles. The van der Waals surface area contributed by atoms with Crippen LogP contribution in [-0.2, 0) is 6.42 Å². The molecule has 0 radical (unpaired) electrons. The summed E-state index contributed by atoms with van der Waals surface area (Å²) in [6, 6.07) is 3.66. The smallest absolute Gasteiger partial charge is 0.0781 e. The summed E-state index contributed by atoms with van der Waals surface area (Å²) in [6.07, 6.45) is 0.853. The van der Waals surface area contributed by atoms with E-state index >= 15 is 0 Å². The van der Waals surface area contributed by atoms with Gasteiger partial charge in [-0.2, -0.15) is 0 Å². The van der Waals surface area contributed by atoms with E-state index in [1.165, 1.54) is 0 Å². The first-order valence-corrected chi connectivity index (χ1v) is 5.07. The topological polar surface area (TPSA) is 12.0 Å². The standard InChI is InChI=1S/C9H10Cl3N/c1-13-5-4-6-2-3-7(10)9(12)8(6)11/h2-3,13H,4-5H2,1H3. The molecule has 0 saturated carbocycles. The summed E-state index contributed by atoms with van der Waals surface area (Å²) >= 11 is 17.7. The quantitative estimate of drug-likeness (QED) is 0.796. The van der Waals surface area contributed by atoms with Crippen LogP contribution in [0.5, 0.6) is 0 Å². The number of hydrogen-bond donors (Lipinski definition) is 1. The van der Waals surface area contributed by atoms with Gasteiger partial charge in [0.15, 0.2) is 0 Å². The minimum atomic E-state index is 0.442. The molecule has 0 aromatic heterocycles. The highest BCUT2D eigenvalue weighted by atomic mass is 35.5. The van der Waals surface area contributed by atoms with Crippen molar-refractivity contribution in [2.24, 2.45) is 0 Å². The van der Waals surface area contributed by atoms with E-state index in [0.29, 0.717) is 15.1 Å². The summed E-state index contributed by atoms with van der Waals surface area (Å²) in [6.45, 7) is 0.873. The van der Waals surface area contributed by atoms with Gasteiger partial charge < -0.3 is 5.32 Å². The van der Waals surface area contributed by atoms with Gasteiger partial charge in [-0.05, 0) is 31.6 Å². The molecule has 13 heavy (non-hydrogen) atoms. The normalized spacial score (nSPS) is 10.5. The van der Waals surface area contributed by atoms with Crippen LogP contribution >= 0.6 is 34.8 Å². The third kappa shape index (κ3) is 2.75. The second-order valence-electron chi connectivity index (χ2n) is 2.69. The Bertz CT molecular complexity index is 299. The maximum absolute atomic E-state index is 5.99. The van der Waals surface area contributed by atoms with Gasteiger partial charge in [-0.3, -0.25) is 0 Å². The molecule has 1 rings (SSSR count). The summed E-state index contributed by atoms with van der Waals surface area (Å²) in [4.78, 5) is 0. The zero-order chi connectivity index (χ0) is 9.84. The van der Waals surface area contributed by atoms with Gasteiger partial charge in [0.25, 0.3) is 0 Å². The lowest BCUT2D eigenvalue weighted by atomic mass is 10.1. The van der Waals surface area contributed by atoms with Crippen LogP contribution in [0, 0.1) is 0 Å². The summed E-state index contributed by atoms with van der Waals surface area (Å²) in [5.41, 5.74) is 1.02. The van der Waals surface area contributed by atoms with Gasteiger partial charge in [-0.25, -0.2) is 0 Å². The van der Waals surface area contributed by atoms with Gasteiger partial charge in [-0.1, -0.05) is 40.9 Å². The molecule has 1 N–H and O–H groups in total. The van der Waals surface area contributed by atoms with Gasteiger partial charge in [0.1, 0.15) is 0 Å². The van der Waals surface area contributed by atoms with Crippen LogP contribution in [0.25, 0.3) is 0 Å². The fourth-order valence-corrected chi connectivity index (χ4v) is 1.67. The summed E-state index contributed by atoms with van der Waals surface area (Å²) < 4.78 is 0. The average Bonchev–Trinajstić information content (AvgIpc) is 2.13. The molecule has 0 atom stereocenters. The molecule has 0 unspecified atom stereocenters. The van der Waals surface area contributed by atoms with Crippen LogP contribution in [0.4, 0.5) is 0 Å². The lowest BCUT2D eigenvalue weighted by Crippen LogP contribution is -2.10. The first-order valence-electron chi connectivity index (χ1n) is 3.93. The molecule has 0 saturated heterocycles. The average molecular weight is 239 g/mol. The molecule has 72 valence electrons. The highest BCUT2D eigenvalue weighted by molar-refractivity contribution is 6.48. The second kappa shape index (κ2) is 5.06. The van der Waals surface area contributed by atoms with Crippen molar-refractivity contribution in [2.75, 3.05) is 13.6 Å². The molecule has 0 bridgehead atoms. The van der Waals surface area contributed by atoms with Gasteiger partial charge in [0.2, 0.25) is 0 Å². The largest absolute Gasteiger partial charge is 0.319 e. The summed E-state index contributed by atoms with van der Waals surface area (Å²) in [5.74, 6) is 0. The van der Waals surface area contributed by atoms with Crippen LogP contribution in [-0.4, -0.2) is 13.6 Å². The molecular formula is C9H10Cl3N. The Balaban J connectivity index is 2.90. The van der Waals surface area contributed by atoms with E-state index in [1.54, 1.807) is 6.07 Å². The van der Waals surface area contributed by atoms with Crippen molar-refractivity contribution in [2.45, 2.75) is 6.42 Å². The van der Waals surface area contributed by atoms with E-state index in [1.807, 2.05) is 13.1 Å². The van der Waals surface area contributed by atoms with Gasteiger partial charge in [0, 0.05) is 0 Å². The van der Waals surface area contributed by atoms with Crippen molar-refractivity contribution >= 4 is 34.8 Å². The Morgan fingerprint density at radius 3 is 2.46 bits per heavy atom. The van der Waals surface area contributed by atoms with Crippen LogP contribution in [0.1, 0.15) is 5.56 Å². The lowest BCUT2D eigenvalue weighted by molar-refractivity contribution is 0.792.